The summed E-state index contributed by atoms with van der Waals surface area (Å²) in [5.41, 5.74) is 0.894. The fourth-order valence-corrected chi connectivity index (χ4v) is 4.10. The minimum atomic E-state index is -0.457. The molecular formula is C14H10O4S2. The van der Waals surface area contributed by atoms with Crippen molar-refractivity contribution in [2.45, 2.75) is 20.0 Å². The van der Waals surface area contributed by atoms with E-state index in [0.29, 0.717) is 25.8 Å². The molecule has 1 atom stereocenters. The lowest BCUT2D eigenvalue weighted by molar-refractivity contribution is -0.145. The summed E-state index contributed by atoms with van der Waals surface area (Å²) < 4.78 is 5.09. The van der Waals surface area contributed by atoms with Gasteiger partial charge in [0.05, 0.1) is 9.75 Å². The summed E-state index contributed by atoms with van der Waals surface area (Å²) in [7, 11) is 0. The predicted octanol–water partition coefficient (Wildman–Crippen LogP) is 3.21. The number of ether oxygens (including phenoxy) is 1. The molecular weight excluding hydrogens is 296 g/mol. The van der Waals surface area contributed by atoms with E-state index < -0.39 is 6.10 Å². The SMILES string of the molecule is CC(=O)OC(C)c1cc2c(s1)C(=O)c1ccsc1C2=O. The molecule has 0 bridgehead atoms. The summed E-state index contributed by atoms with van der Waals surface area (Å²) >= 11 is 2.50. The molecule has 0 spiro atoms. The molecule has 0 aromatic carbocycles. The number of hydrogen-bond acceptors (Lipinski definition) is 6. The Balaban J connectivity index is 2.04. The number of ketones is 2. The van der Waals surface area contributed by atoms with Crippen LogP contribution in [0.5, 0.6) is 0 Å². The number of carbonyl (C=O) groups is 3. The first-order valence-corrected chi connectivity index (χ1v) is 7.66. The zero-order valence-electron chi connectivity index (χ0n) is 10.8. The average molecular weight is 306 g/mol. The first-order chi connectivity index (χ1) is 9.49. The third-order valence-corrected chi connectivity index (χ3v) is 5.27. The standard InChI is InChI=1S/C14H10O4S2/c1-6(18-7(2)15)10-5-9-12(17)13-8(3-4-19-13)11(16)14(9)20-10/h3-6H,1-2H3. The summed E-state index contributed by atoms with van der Waals surface area (Å²) in [5, 5.41) is 1.75. The van der Waals surface area contributed by atoms with Crippen LogP contribution in [-0.4, -0.2) is 17.5 Å². The van der Waals surface area contributed by atoms with Gasteiger partial charge in [-0.1, -0.05) is 0 Å². The second-order valence-corrected chi connectivity index (χ2v) is 6.46. The second kappa shape index (κ2) is 4.64. The maximum Gasteiger partial charge on any atom is 0.303 e. The van der Waals surface area contributed by atoms with E-state index in [0.717, 1.165) is 0 Å². The molecule has 20 heavy (non-hydrogen) atoms. The molecule has 0 fully saturated rings. The molecule has 1 unspecified atom stereocenters. The quantitative estimate of drug-likeness (QED) is 0.682. The summed E-state index contributed by atoms with van der Waals surface area (Å²) in [4.78, 5) is 37.3. The van der Waals surface area contributed by atoms with E-state index >= 15 is 0 Å². The van der Waals surface area contributed by atoms with E-state index in [4.69, 9.17) is 4.74 Å². The van der Waals surface area contributed by atoms with Crippen molar-refractivity contribution >= 4 is 40.2 Å². The largest absolute Gasteiger partial charge is 0.457 e. The van der Waals surface area contributed by atoms with Gasteiger partial charge in [-0.25, -0.2) is 0 Å². The van der Waals surface area contributed by atoms with Crippen LogP contribution in [0.1, 0.15) is 55.3 Å². The summed E-state index contributed by atoms with van der Waals surface area (Å²) in [6.07, 6.45) is -0.457. The smallest absolute Gasteiger partial charge is 0.303 e. The predicted molar refractivity (Wildman–Crippen MR) is 75.7 cm³/mol. The molecule has 2 aromatic rings. The van der Waals surface area contributed by atoms with Gasteiger partial charge in [0.15, 0.2) is 0 Å². The van der Waals surface area contributed by atoms with E-state index in [9.17, 15) is 14.4 Å². The van der Waals surface area contributed by atoms with Gasteiger partial charge in [0.2, 0.25) is 11.6 Å². The van der Waals surface area contributed by atoms with Gasteiger partial charge in [-0.3, -0.25) is 14.4 Å². The maximum absolute atomic E-state index is 12.3. The Morgan fingerprint density at radius 2 is 1.90 bits per heavy atom. The van der Waals surface area contributed by atoms with Crippen molar-refractivity contribution in [2.24, 2.45) is 0 Å². The molecule has 1 aliphatic carbocycles. The van der Waals surface area contributed by atoms with Gasteiger partial charge in [0.25, 0.3) is 0 Å². The van der Waals surface area contributed by atoms with Crippen molar-refractivity contribution in [3.63, 3.8) is 0 Å². The van der Waals surface area contributed by atoms with Gasteiger partial charge in [-0.15, -0.1) is 22.7 Å². The number of rotatable bonds is 2. The van der Waals surface area contributed by atoms with Crippen LogP contribution in [-0.2, 0) is 9.53 Å². The minimum absolute atomic E-state index is 0.123. The van der Waals surface area contributed by atoms with E-state index in [-0.39, 0.29) is 17.5 Å². The summed E-state index contributed by atoms with van der Waals surface area (Å²) in [6.45, 7) is 3.06. The Morgan fingerprint density at radius 1 is 1.20 bits per heavy atom. The lowest BCUT2D eigenvalue weighted by atomic mass is 9.96. The Labute approximate surface area is 123 Å². The van der Waals surface area contributed by atoms with Gasteiger partial charge < -0.3 is 4.74 Å². The topological polar surface area (TPSA) is 60.4 Å². The van der Waals surface area contributed by atoms with Gasteiger partial charge in [-0.2, -0.15) is 0 Å². The molecule has 0 saturated carbocycles. The lowest BCUT2D eigenvalue weighted by Gasteiger charge is -2.08. The van der Waals surface area contributed by atoms with Crippen LogP contribution in [0.3, 0.4) is 0 Å². The summed E-state index contributed by atoms with van der Waals surface area (Å²) in [6, 6.07) is 3.34. The maximum atomic E-state index is 12.3. The van der Waals surface area contributed by atoms with Crippen LogP contribution < -0.4 is 0 Å². The van der Waals surface area contributed by atoms with Crippen LogP contribution >= 0.6 is 22.7 Å². The van der Waals surface area contributed by atoms with Crippen LogP contribution in [0.15, 0.2) is 17.5 Å². The molecule has 3 rings (SSSR count). The number of hydrogen-bond donors (Lipinski definition) is 0. The molecule has 0 aliphatic heterocycles. The first kappa shape index (κ1) is 13.2. The van der Waals surface area contributed by atoms with Crippen molar-refractivity contribution in [2.75, 3.05) is 0 Å². The first-order valence-electron chi connectivity index (χ1n) is 5.97. The monoisotopic (exact) mass is 306 g/mol. The second-order valence-electron chi connectivity index (χ2n) is 4.46. The molecule has 0 radical (unpaired) electrons. The van der Waals surface area contributed by atoms with Crippen molar-refractivity contribution in [3.05, 3.63) is 43.3 Å². The number of fused-ring (bicyclic) bond motifs is 2. The van der Waals surface area contributed by atoms with Crippen LogP contribution in [0.4, 0.5) is 0 Å². The molecule has 6 heteroatoms. The third kappa shape index (κ3) is 1.92. The van der Waals surface area contributed by atoms with E-state index in [1.165, 1.54) is 29.6 Å². The Hall–Kier alpha value is -1.79. The van der Waals surface area contributed by atoms with E-state index in [2.05, 4.69) is 0 Å². The van der Waals surface area contributed by atoms with E-state index in [1.807, 2.05) is 0 Å². The van der Waals surface area contributed by atoms with Crippen molar-refractivity contribution < 1.29 is 19.1 Å². The van der Waals surface area contributed by atoms with Gasteiger partial charge in [-0.05, 0) is 24.4 Å². The molecule has 0 N–H and O–H groups in total. The Bertz CT molecular complexity index is 690. The van der Waals surface area contributed by atoms with Crippen LogP contribution in [0, 0.1) is 0 Å². The summed E-state index contributed by atoms with van der Waals surface area (Å²) in [5.74, 6) is -0.634. The molecule has 1 aliphatic rings. The Kier molecular flexibility index (Phi) is 3.07. The lowest BCUT2D eigenvalue weighted by Crippen LogP contribution is -2.15. The molecule has 0 amide bonds. The zero-order chi connectivity index (χ0) is 14.4. The van der Waals surface area contributed by atoms with Crippen molar-refractivity contribution in [1.29, 1.82) is 0 Å². The number of esters is 1. The molecule has 102 valence electrons. The number of thiophene rings is 2. The highest BCUT2D eigenvalue weighted by atomic mass is 32.1. The third-order valence-electron chi connectivity index (χ3n) is 3.06. The Morgan fingerprint density at radius 3 is 2.60 bits per heavy atom. The molecule has 0 saturated heterocycles. The van der Waals surface area contributed by atoms with Crippen LogP contribution in [0.25, 0.3) is 0 Å². The molecule has 2 aromatic heterocycles. The highest BCUT2D eigenvalue weighted by molar-refractivity contribution is 7.16. The minimum Gasteiger partial charge on any atom is -0.457 e. The average Bonchev–Trinajstić information content (AvgIpc) is 3.02. The fourth-order valence-electron chi connectivity index (χ4n) is 2.16. The molecule has 2 heterocycles. The van der Waals surface area contributed by atoms with Crippen LogP contribution in [0.2, 0.25) is 0 Å². The van der Waals surface area contributed by atoms with Crippen molar-refractivity contribution in [1.82, 2.24) is 0 Å². The van der Waals surface area contributed by atoms with Gasteiger partial charge >= 0.3 is 5.97 Å². The zero-order valence-corrected chi connectivity index (χ0v) is 12.4. The highest BCUT2D eigenvalue weighted by Gasteiger charge is 2.33. The fraction of sp³-hybridized carbons (Fsp3) is 0.214. The van der Waals surface area contributed by atoms with Gasteiger partial charge in [0, 0.05) is 22.9 Å². The van der Waals surface area contributed by atoms with Crippen molar-refractivity contribution in [3.8, 4) is 0 Å². The molecule has 4 nitrogen and oxygen atoms in total. The highest BCUT2D eigenvalue weighted by Crippen LogP contribution is 2.38. The van der Waals surface area contributed by atoms with E-state index in [1.54, 1.807) is 24.4 Å². The van der Waals surface area contributed by atoms with Gasteiger partial charge in [0.1, 0.15) is 6.10 Å². The normalized spacial score (nSPS) is 14.7. The number of carbonyl (C=O) groups excluding carboxylic acids is 3.